The maximum Gasteiger partial charge on any atom is 0.257 e. The molecule has 0 aliphatic carbocycles. The highest BCUT2D eigenvalue weighted by Gasteiger charge is 2.27. The molecule has 0 bridgehead atoms. The molecular formula is C21H21N3O4. The zero-order valence-corrected chi connectivity index (χ0v) is 15.8. The highest BCUT2D eigenvalue weighted by Crippen LogP contribution is 2.23. The highest BCUT2D eigenvalue weighted by atomic mass is 16.5. The van der Waals surface area contributed by atoms with Crippen LogP contribution in [-0.4, -0.2) is 59.9 Å². The molecule has 3 heterocycles. The van der Waals surface area contributed by atoms with Gasteiger partial charge in [0.25, 0.3) is 11.8 Å². The van der Waals surface area contributed by atoms with E-state index in [2.05, 4.69) is 4.98 Å². The van der Waals surface area contributed by atoms with Crippen LogP contribution in [-0.2, 0) is 0 Å². The summed E-state index contributed by atoms with van der Waals surface area (Å²) in [6, 6.07) is 9.14. The van der Waals surface area contributed by atoms with Crippen molar-refractivity contribution in [1.29, 1.82) is 0 Å². The lowest BCUT2D eigenvalue weighted by Crippen LogP contribution is -2.50. The molecule has 1 aromatic carbocycles. The highest BCUT2D eigenvalue weighted by molar-refractivity contribution is 5.99. The van der Waals surface area contributed by atoms with Crippen molar-refractivity contribution in [1.82, 2.24) is 14.8 Å². The summed E-state index contributed by atoms with van der Waals surface area (Å²) in [6.45, 7) is 3.80. The average molecular weight is 379 g/mol. The minimum Gasteiger partial charge on any atom is -0.497 e. The van der Waals surface area contributed by atoms with Crippen molar-refractivity contribution in [2.24, 2.45) is 0 Å². The molecule has 4 rings (SSSR count). The molecule has 144 valence electrons. The second kappa shape index (κ2) is 7.34. The standard InChI is InChI=1S/C21H21N3O4/c1-14-18(11-15-3-4-17(27-2)12-19(15)22-14)21(26)24-8-6-23(7-9-24)20(25)16-5-10-28-13-16/h3-5,10-13H,6-9H2,1-2H3. The number of hydrogen-bond acceptors (Lipinski definition) is 5. The molecular weight excluding hydrogens is 358 g/mol. The van der Waals surface area contributed by atoms with Gasteiger partial charge in [0.05, 0.1) is 35.7 Å². The van der Waals surface area contributed by atoms with E-state index in [-0.39, 0.29) is 11.8 Å². The number of furan rings is 1. The van der Waals surface area contributed by atoms with Crippen molar-refractivity contribution in [2.75, 3.05) is 33.3 Å². The fourth-order valence-electron chi connectivity index (χ4n) is 3.44. The first kappa shape index (κ1) is 18.0. The monoisotopic (exact) mass is 379 g/mol. The minimum atomic E-state index is -0.0710. The molecule has 28 heavy (non-hydrogen) atoms. The fraction of sp³-hybridized carbons (Fsp3) is 0.286. The van der Waals surface area contributed by atoms with Crippen LogP contribution in [0, 0.1) is 6.92 Å². The minimum absolute atomic E-state index is 0.0573. The topological polar surface area (TPSA) is 75.9 Å². The van der Waals surface area contributed by atoms with Crippen LogP contribution in [0.1, 0.15) is 26.4 Å². The van der Waals surface area contributed by atoms with Crippen LogP contribution in [0.25, 0.3) is 10.9 Å². The lowest BCUT2D eigenvalue weighted by atomic mass is 10.1. The zero-order chi connectivity index (χ0) is 19.7. The van der Waals surface area contributed by atoms with E-state index in [4.69, 9.17) is 9.15 Å². The lowest BCUT2D eigenvalue weighted by Gasteiger charge is -2.34. The van der Waals surface area contributed by atoms with Crippen molar-refractivity contribution in [2.45, 2.75) is 6.92 Å². The number of aryl methyl sites for hydroxylation is 1. The van der Waals surface area contributed by atoms with E-state index in [1.165, 1.54) is 12.5 Å². The third-order valence-corrected chi connectivity index (χ3v) is 5.07. The predicted molar refractivity (Wildman–Crippen MR) is 104 cm³/mol. The van der Waals surface area contributed by atoms with E-state index in [0.717, 1.165) is 16.7 Å². The fourth-order valence-corrected chi connectivity index (χ4v) is 3.44. The van der Waals surface area contributed by atoms with Crippen LogP contribution < -0.4 is 4.74 Å². The molecule has 0 atom stereocenters. The molecule has 0 unspecified atom stereocenters. The Morgan fingerprint density at radius 1 is 1.04 bits per heavy atom. The Labute approximate surface area is 162 Å². The van der Waals surface area contributed by atoms with Gasteiger partial charge in [0.2, 0.25) is 0 Å². The Morgan fingerprint density at radius 2 is 1.75 bits per heavy atom. The normalized spacial score (nSPS) is 14.4. The molecule has 0 N–H and O–H groups in total. The molecule has 1 aliphatic rings. The van der Waals surface area contributed by atoms with E-state index >= 15 is 0 Å². The van der Waals surface area contributed by atoms with Crippen LogP contribution in [0.4, 0.5) is 0 Å². The Balaban J connectivity index is 1.49. The third kappa shape index (κ3) is 3.31. The van der Waals surface area contributed by atoms with Crippen molar-refractivity contribution in [3.05, 3.63) is 59.7 Å². The van der Waals surface area contributed by atoms with Crippen LogP contribution >= 0.6 is 0 Å². The molecule has 1 saturated heterocycles. The van der Waals surface area contributed by atoms with Gasteiger partial charge in [-0.05, 0) is 31.2 Å². The molecule has 2 aromatic heterocycles. The van der Waals surface area contributed by atoms with Gasteiger partial charge in [-0.3, -0.25) is 14.6 Å². The van der Waals surface area contributed by atoms with E-state index in [1.54, 1.807) is 23.0 Å². The van der Waals surface area contributed by atoms with E-state index in [9.17, 15) is 9.59 Å². The van der Waals surface area contributed by atoms with Gasteiger partial charge < -0.3 is 19.0 Å². The van der Waals surface area contributed by atoms with Crippen LogP contribution in [0.5, 0.6) is 5.75 Å². The van der Waals surface area contributed by atoms with Gasteiger partial charge in [-0.2, -0.15) is 0 Å². The van der Waals surface area contributed by atoms with Crippen molar-refractivity contribution in [3.63, 3.8) is 0 Å². The van der Waals surface area contributed by atoms with Gasteiger partial charge in [-0.15, -0.1) is 0 Å². The summed E-state index contributed by atoms with van der Waals surface area (Å²) < 4.78 is 10.2. The molecule has 7 heteroatoms. The number of piperazine rings is 1. The summed E-state index contributed by atoms with van der Waals surface area (Å²) in [6.07, 6.45) is 2.93. The van der Waals surface area contributed by atoms with Crippen molar-refractivity contribution < 1.29 is 18.7 Å². The molecule has 0 spiro atoms. The number of benzene rings is 1. The number of carbonyl (C=O) groups is 2. The summed E-state index contributed by atoms with van der Waals surface area (Å²) in [5, 5.41) is 0.892. The summed E-state index contributed by atoms with van der Waals surface area (Å²) in [7, 11) is 1.61. The third-order valence-electron chi connectivity index (χ3n) is 5.07. The number of rotatable bonds is 3. The number of carbonyl (C=O) groups excluding carboxylic acids is 2. The van der Waals surface area contributed by atoms with Gasteiger partial charge >= 0.3 is 0 Å². The molecule has 1 aliphatic heterocycles. The number of ether oxygens (including phenoxy) is 1. The van der Waals surface area contributed by atoms with E-state index in [0.29, 0.717) is 43.0 Å². The second-order valence-electron chi connectivity index (χ2n) is 6.78. The van der Waals surface area contributed by atoms with Gasteiger partial charge in [0.15, 0.2) is 0 Å². The van der Waals surface area contributed by atoms with Gasteiger partial charge in [0, 0.05) is 37.6 Å². The molecule has 1 fully saturated rings. The molecule has 0 saturated carbocycles. The van der Waals surface area contributed by atoms with Crippen LogP contribution in [0.15, 0.2) is 47.3 Å². The number of amides is 2. The maximum atomic E-state index is 13.0. The predicted octanol–water partition coefficient (Wildman–Crippen LogP) is 2.74. The number of nitrogens with zero attached hydrogens (tertiary/aromatic N) is 3. The van der Waals surface area contributed by atoms with Crippen LogP contribution in [0.2, 0.25) is 0 Å². The molecule has 2 amide bonds. The number of methoxy groups -OCH3 is 1. The first-order valence-corrected chi connectivity index (χ1v) is 9.13. The largest absolute Gasteiger partial charge is 0.497 e. The number of hydrogen-bond donors (Lipinski definition) is 0. The van der Waals surface area contributed by atoms with Gasteiger partial charge in [-0.1, -0.05) is 0 Å². The Bertz CT molecular complexity index is 1020. The maximum absolute atomic E-state index is 13.0. The van der Waals surface area contributed by atoms with E-state index < -0.39 is 0 Å². The summed E-state index contributed by atoms with van der Waals surface area (Å²) in [5.41, 5.74) is 2.60. The molecule has 7 nitrogen and oxygen atoms in total. The Hall–Kier alpha value is -3.35. The average Bonchev–Trinajstić information content (AvgIpc) is 3.27. The van der Waals surface area contributed by atoms with Crippen molar-refractivity contribution >= 4 is 22.7 Å². The number of aromatic nitrogens is 1. The first-order valence-electron chi connectivity index (χ1n) is 9.13. The SMILES string of the molecule is COc1ccc2cc(C(=O)N3CCN(C(=O)c4ccoc4)CC3)c(C)nc2c1. The lowest BCUT2D eigenvalue weighted by molar-refractivity contribution is 0.0534. The number of pyridine rings is 1. The summed E-state index contributed by atoms with van der Waals surface area (Å²) in [4.78, 5) is 33.5. The first-order chi connectivity index (χ1) is 13.6. The quantitative estimate of drug-likeness (QED) is 0.699. The number of fused-ring (bicyclic) bond motifs is 1. The molecule has 0 radical (unpaired) electrons. The second-order valence-corrected chi connectivity index (χ2v) is 6.78. The van der Waals surface area contributed by atoms with Gasteiger partial charge in [-0.25, -0.2) is 0 Å². The van der Waals surface area contributed by atoms with E-state index in [1.807, 2.05) is 31.2 Å². The molecule has 3 aromatic rings. The smallest absolute Gasteiger partial charge is 0.257 e. The van der Waals surface area contributed by atoms with Crippen molar-refractivity contribution in [3.8, 4) is 5.75 Å². The zero-order valence-electron chi connectivity index (χ0n) is 15.8. The summed E-state index contributed by atoms with van der Waals surface area (Å²) in [5.74, 6) is 0.605. The summed E-state index contributed by atoms with van der Waals surface area (Å²) >= 11 is 0. The Kier molecular flexibility index (Phi) is 4.73. The van der Waals surface area contributed by atoms with Crippen LogP contribution in [0.3, 0.4) is 0 Å². The van der Waals surface area contributed by atoms with Gasteiger partial charge in [0.1, 0.15) is 12.0 Å². The Morgan fingerprint density at radius 3 is 2.39 bits per heavy atom.